The van der Waals surface area contributed by atoms with Crippen LogP contribution in [0.3, 0.4) is 0 Å². The Morgan fingerprint density at radius 2 is 1.87 bits per heavy atom. The quantitative estimate of drug-likeness (QED) is 0.685. The molecule has 31 heavy (non-hydrogen) atoms. The first kappa shape index (κ1) is 23.2. The minimum absolute atomic E-state index is 0.160. The van der Waals surface area contributed by atoms with Crippen molar-refractivity contribution in [2.75, 3.05) is 25.0 Å². The molecule has 0 radical (unpaired) electrons. The Morgan fingerprint density at radius 1 is 1.16 bits per heavy atom. The van der Waals surface area contributed by atoms with E-state index in [1.54, 1.807) is 25.1 Å². The topological polar surface area (TPSA) is 95.6 Å². The summed E-state index contributed by atoms with van der Waals surface area (Å²) in [5, 5.41) is 5.78. The first-order valence-electron chi connectivity index (χ1n) is 10.1. The number of sulfonamides is 1. The van der Waals surface area contributed by atoms with Gasteiger partial charge in [0.25, 0.3) is 5.91 Å². The highest BCUT2D eigenvalue weighted by Gasteiger charge is 2.28. The van der Waals surface area contributed by atoms with Crippen LogP contribution in [0, 0.1) is 12.8 Å². The number of carbonyl (C=O) groups is 2. The van der Waals surface area contributed by atoms with Crippen molar-refractivity contribution in [2.45, 2.75) is 31.6 Å². The van der Waals surface area contributed by atoms with Gasteiger partial charge in [0.2, 0.25) is 15.9 Å². The third kappa shape index (κ3) is 5.64. The number of nitrogens with one attached hydrogen (secondary N) is 2. The summed E-state index contributed by atoms with van der Waals surface area (Å²) in [6, 6.07) is 10.9. The molecule has 1 aliphatic rings. The summed E-state index contributed by atoms with van der Waals surface area (Å²) in [6.07, 6.45) is 1.87. The number of halogens is 1. The van der Waals surface area contributed by atoms with Crippen LogP contribution >= 0.6 is 11.6 Å². The fourth-order valence-corrected chi connectivity index (χ4v) is 5.26. The molecular weight excluding hydrogens is 438 g/mol. The Hall–Kier alpha value is -2.42. The highest BCUT2D eigenvalue weighted by atomic mass is 35.5. The van der Waals surface area contributed by atoms with Crippen molar-refractivity contribution in [3.63, 3.8) is 0 Å². The summed E-state index contributed by atoms with van der Waals surface area (Å²) in [5.41, 5.74) is 1.59. The Morgan fingerprint density at radius 3 is 2.55 bits per heavy atom. The van der Waals surface area contributed by atoms with Crippen LogP contribution < -0.4 is 10.6 Å². The average Bonchev–Trinajstić information content (AvgIpc) is 2.75. The summed E-state index contributed by atoms with van der Waals surface area (Å²) >= 11 is 6.04. The molecule has 0 saturated carbocycles. The molecule has 1 atom stereocenters. The van der Waals surface area contributed by atoms with Gasteiger partial charge in [-0.05, 0) is 67.6 Å². The van der Waals surface area contributed by atoms with E-state index >= 15 is 0 Å². The zero-order valence-corrected chi connectivity index (χ0v) is 19.1. The van der Waals surface area contributed by atoms with Crippen molar-refractivity contribution in [1.29, 1.82) is 0 Å². The van der Waals surface area contributed by atoms with Crippen LogP contribution in [0.1, 0.15) is 35.7 Å². The van der Waals surface area contributed by atoms with E-state index in [0.29, 0.717) is 29.7 Å². The summed E-state index contributed by atoms with van der Waals surface area (Å²) in [7, 11) is -3.58. The van der Waals surface area contributed by atoms with Gasteiger partial charge in [-0.15, -0.1) is 0 Å². The Bertz CT molecular complexity index is 1070. The smallest absolute Gasteiger partial charge is 0.251 e. The summed E-state index contributed by atoms with van der Waals surface area (Å²) < 4.78 is 27.1. The second-order valence-corrected chi connectivity index (χ2v) is 10.1. The Kier molecular flexibility index (Phi) is 7.35. The average molecular weight is 464 g/mol. The van der Waals surface area contributed by atoms with Gasteiger partial charge in [-0.1, -0.05) is 24.6 Å². The van der Waals surface area contributed by atoms with Crippen LogP contribution in [0.15, 0.2) is 47.4 Å². The van der Waals surface area contributed by atoms with Crippen LogP contribution in [0.5, 0.6) is 0 Å². The molecular formula is C22H26ClN3O4S. The molecule has 1 fully saturated rings. The molecule has 2 aromatic carbocycles. The van der Waals surface area contributed by atoms with Gasteiger partial charge in [0.05, 0.1) is 11.4 Å². The van der Waals surface area contributed by atoms with E-state index in [2.05, 4.69) is 10.6 Å². The monoisotopic (exact) mass is 463 g/mol. The predicted molar refractivity (Wildman–Crippen MR) is 121 cm³/mol. The normalized spacial score (nSPS) is 17.2. The van der Waals surface area contributed by atoms with Crippen LogP contribution in [0.25, 0.3) is 0 Å². The number of nitrogens with zero attached hydrogens (tertiary/aromatic N) is 1. The van der Waals surface area contributed by atoms with Crippen molar-refractivity contribution in [3.8, 4) is 0 Å². The zero-order valence-electron chi connectivity index (χ0n) is 17.5. The lowest BCUT2D eigenvalue weighted by molar-refractivity contribution is -0.115. The molecule has 7 nitrogen and oxygen atoms in total. The zero-order chi connectivity index (χ0) is 22.6. The van der Waals surface area contributed by atoms with Crippen molar-refractivity contribution in [2.24, 2.45) is 5.92 Å². The van der Waals surface area contributed by atoms with E-state index in [9.17, 15) is 18.0 Å². The number of amides is 2. The number of anilines is 1. The molecule has 0 unspecified atom stereocenters. The summed E-state index contributed by atoms with van der Waals surface area (Å²) in [5.74, 6) is -0.527. The standard InChI is InChI=1S/C22H26ClN3O4S/c1-15-5-4-12-26(14-15)31(29,30)18-10-8-17(9-11-18)22(28)24-13-21(27)25-20-7-3-6-19(23)16(20)2/h3,6-11,15H,4-5,12-14H2,1-2H3,(H,24,28)(H,25,27)/t15-/m1/s1. The predicted octanol–water partition coefficient (Wildman–Crippen LogP) is 3.44. The third-order valence-electron chi connectivity index (χ3n) is 5.33. The van der Waals surface area contributed by atoms with Gasteiger partial charge < -0.3 is 10.6 Å². The molecule has 2 amide bonds. The minimum atomic E-state index is -3.58. The van der Waals surface area contributed by atoms with E-state index in [1.807, 2.05) is 6.92 Å². The molecule has 2 N–H and O–H groups in total. The van der Waals surface area contributed by atoms with Gasteiger partial charge in [-0.3, -0.25) is 9.59 Å². The van der Waals surface area contributed by atoms with Gasteiger partial charge in [0, 0.05) is 29.4 Å². The highest BCUT2D eigenvalue weighted by molar-refractivity contribution is 7.89. The van der Waals surface area contributed by atoms with E-state index in [-0.39, 0.29) is 17.0 Å². The molecule has 0 bridgehead atoms. The van der Waals surface area contributed by atoms with E-state index in [1.165, 1.54) is 28.6 Å². The number of piperidine rings is 1. The second-order valence-electron chi connectivity index (χ2n) is 7.78. The molecule has 1 aliphatic heterocycles. The third-order valence-corrected chi connectivity index (χ3v) is 7.61. The van der Waals surface area contributed by atoms with E-state index in [4.69, 9.17) is 11.6 Å². The van der Waals surface area contributed by atoms with Crippen LogP contribution in [-0.4, -0.2) is 44.2 Å². The van der Waals surface area contributed by atoms with Gasteiger partial charge in [-0.2, -0.15) is 4.31 Å². The molecule has 2 aromatic rings. The number of hydrogen-bond donors (Lipinski definition) is 2. The van der Waals surface area contributed by atoms with Crippen molar-refractivity contribution in [3.05, 3.63) is 58.6 Å². The second kappa shape index (κ2) is 9.80. The largest absolute Gasteiger partial charge is 0.343 e. The number of carbonyl (C=O) groups excluding carboxylic acids is 2. The lowest BCUT2D eigenvalue weighted by atomic mass is 10.0. The fraction of sp³-hybridized carbons (Fsp3) is 0.364. The van der Waals surface area contributed by atoms with Gasteiger partial charge in [0.15, 0.2) is 0 Å². The van der Waals surface area contributed by atoms with Crippen LogP contribution in [0.4, 0.5) is 5.69 Å². The molecule has 0 aromatic heterocycles. The van der Waals surface area contributed by atoms with Gasteiger partial charge in [-0.25, -0.2) is 8.42 Å². The Labute approximate surface area is 187 Å². The van der Waals surface area contributed by atoms with Crippen molar-refractivity contribution >= 4 is 39.1 Å². The highest BCUT2D eigenvalue weighted by Crippen LogP contribution is 2.24. The minimum Gasteiger partial charge on any atom is -0.343 e. The van der Waals surface area contributed by atoms with E-state index < -0.39 is 21.8 Å². The molecule has 3 rings (SSSR count). The molecule has 166 valence electrons. The molecule has 0 spiro atoms. The molecule has 1 saturated heterocycles. The van der Waals surface area contributed by atoms with Gasteiger partial charge >= 0.3 is 0 Å². The molecule has 0 aliphatic carbocycles. The SMILES string of the molecule is Cc1c(Cl)cccc1NC(=O)CNC(=O)c1ccc(S(=O)(=O)N2CCC[C@@H](C)C2)cc1. The molecule has 1 heterocycles. The summed E-state index contributed by atoms with van der Waals surface area (Å²) in [4.78, 5) is 24.7. The lowest BCUT2D eigenvalue weighted by Gasteiger charge is -2.30. The number of benzene rings is 2. The fourth-order valence-electron chi connectivity index (χ4n) is 3.49. The Balaban J connectivity index is 1.59. The first-order valence-corrected chi connectivity index (χ1v) is 11.9. The maximum Gasteiger partial charge on any atom is 0.251 e. The maximum atomic E-state index is 12.8. The molecule has 9 heteroatoms. The summed E-state index contributed by atoms with van der Waals surface area (Å²) in [6.45, 7) is 4.62. The van der Waals surface area contributed by atoms with Crippen molar-refractivity contribution in [1.82, 2.24) is 9.62 Å². The lowest BCUT2D eigenvalue weighted by Crippen LogP contribution is -2.39. The van der Waals surface area contributed by atoms with Crippen molar-refractivity contribution < 1.29 is 18.0 Å². The first-order chi connectivity index (χ1) is 14.7. The van der Waals surface area contributed by atoms with Crippen LogP contribution in [-0.2, 0) is 14.8 Å². The van der Waals surface area contributed by atoms with Crippen LogP contribution in [0.2, 0.25) is 5.02 Å². The maximum absolute atomic E-state index is 12.8. The number of hydrogen-bond acceptors (Lipinski definition) is 4. The van der Waals surface area contributed by atoms with Gasteiger partial charge in [0.1, 0.15) is 0 Å². The number of rotatable bonds is 6. The van der Waals surface area contributed by atoms with E-state index in [0.717, 1.165) is 18.4 Å².